The second-order valence-electron chi connectivity index (χ2n) is 6.72. The molecule has 0 fully saturated rings. The summed E-state index contributed by atoms with van der Waals surface area (Å²) < 4.78 is 23.4. The molecule has 0 aliphatic heterocycles. The lowest BCUT2D eigenvalue weighted by molar-refractivity contribution is -0.116. The van der Waals surface area contributed by atoms with E-state index < -0.39 is 0 Å². The summed E-state index contributed by atoms with van der Waals surface area (Å²) in [5.41, 5.74) is 2.42. The molecule has 4 rings (SSSR count). The van der Waals surface area contributed by atoms with Gasteiger partial charge in [-0.3, -0.25) is 4.79 Å². The number of thiazole rings is 1. The van der Waals surface area contributed by atoms with Crippen LogP contribution in [0.4, 0.5) is 9.52 Å². The number of aryl methyl sites for hydroxylation is 2. The Balaban J connectivity index is 1.35. The molecule has 0 saturated carbocycles. The third-order valence-electron chi connectivity index (χ3n) is 4.54. The third kappa shape index (κ3) is 4.95. The molecular formula is C22H19FN4O3S. The van der Waals surface area contributed by atoms with Crippen molar-refractivity contribution in [1.29, 1.82) is 0 Å². The number of hydrogen-bond donors (Lipinski definition) is 1. The van der Waals surface area contributed by atoms with Crippen LogP contribution in [0.2, 0.25) is 0 Å². The molecule has 158 valence electrons. The molecule has 0 spiro atoms. The SMILES string of the molecule is COc1ccc(-c2nc(NC(=O)CCc3nc(-c4ccc(F)cc4)no3)sc2C)cc1. The molecule has 2 heterocycles. The number of carbonyl (C=O) groups is 1. The first-order chi connectivity index (χ1) is 15.0. The zero-order valence-corrected chi connectivity index (χ0v) is 17.7. The molecule has 0 saturated heterocycles. The quantitative estimate of drug-likeness (QED) is 0.442. The number of halogens is 1. The van der Waals surface area contributed by atoms with Gasteiger partial charge in [0, 0.05) is 28.8 Å². The van der Waals surface area contributed by atoms with Crippen LogP contribution >= 0.6 is 11.3 Å². The summed E-state index contributed by atoms with van der Waals surface area (Å²) in [6.07, 6.45) is 0.456. The van der Waals surface area contributed by atoms with E-state index in [1.54, 1.807) is 19.2 Å². The smallest absolute Gasteiger partial charge is 0.227 e. The monoisotopic (exact) mass is 438 g/mol. The van der Waals surface area contributed by atoms with Gasteiger partial charge in [0.15, 0.2) is 5.13 Å². The van der Waals surface area contributed by atoms with Gasteiger partial charge in [0.1, 0.15) is 11.6 Å². The summed E-state index contributed by atoms with van der Waals surface area (Å²) in [6, 6.07) is 13.4. The molecule has 4 aromatic rings. The van der Waals surface area contributed by atoms with Crippen molar-refractivity contribution in [2.75, 3.05) is 12.4 Å². The first-order valence-corrected chi connectivity index (χ1v) is 10.3. The van der Waals surface area contributed by atoms with Crippen LogP contribution in [-0.4, -0.2) is 28.1 Å². The van der Waals surface area contributed by atoms with Crippen LogP contribution in [-0.2, 0) is 11.2 Å². The largest absolute Gasteiger partial charge is 0.497 e. The number of amides is 1. The summed E-state index contributed by atoms with van der Waals surface area (Å²) in [6.45, 7) is 1.96. The van der Waals surface area contributed by atoms with E-state index in [9.17, 15) is 9.18 Å². The topological polar surface area (TPSA) is 90.1 Å². The Kier molecular flexibility index (Phi) is 6.03. The Morgan fingerprint density at radius 1 is 1.10 bits per heavy atom. The summed E-state index contributed by atoms with van der Waals surface area (Å²) in [5, 5.41) is 7.24. The lowest BCUT2D eigenvalue weighted by atomic mass is 10.1. The molecule has 9 heteroatoms. The summed E-state index contributed by atoms with van der Waals surface area (Å²) in [5.74, 6) is 0.931. The number of ether oxygens (including phenoxy) is 1. The van der Waals surface area contributed by atoms with Crippen LogP contribution in [0, 0.1) is 12.7 Å². The number of methoxy groups -OCH3 is 1. The second-order valence-corrected chi connectivity index (χ2v) is 7.92. The number of aromatic nitrogens is 3. The van der Waals surface area contributed by atoms with Crippen molar-refractivity contribution >= 4 is 22.4 Å². The first-order valence-electron chi connectivity index (χ1n) is 9.52. The molecule has 0 atom stereocenters. The molecule has 2 aromatic heterocycles. The maximum atomic E-state index is 13.0. The molecule has 1 N–H and O–H groups in total. The van der Waals surface area contributed by atoms with Crippen LogP contribution in [0.5, 0.6) is 5.75 Å². The number of nitrogens with one attached hydrogen (secondary N) is 1. The van der Waals surface area contributed by atoms with Gasteiger partial charge in [-0.05, 0) is 55.5 Å². The molecule has 0 aliphatic rings. The maximum absolute atomic E-state index is 13.0. The molecule has 0 radical (unpaired) electrons. The van der Waals surface area contributed by atoms with Crippen molar-refractivity contribution in [2.45, 2.75) is 19.8 Å². The summed E-state index contributed by atoms with van der Waals surface area (Å²) in [4.78, 5) is 22.2. The van der Waals surface area contributed by atoms with Gasteiger partial charge in [0.25, 0.3) is 0 Å². The molecule has 2 aromatic carbocycles. The third-order valence-corrected chi connectivity index (χ3v) is 5.43. The average molecular weight is 438 g/mol. The highest BCUT2D eigenvalue weighted by Crippen LogP contribution is 2.31. The number of hydrogen-bond acceptors (Lipinski definition) is 7. The summed E-state index contributed by atoms with van der Waals surface area (Å²) in [7, 11) is 1.62. The number of benzene rings is 2. The molecule has 31 heavy (non-hydrogen) atoms. The van der Waals surface area contributed by atoms with E-state index in [1.807, 2.05) is 31.2 Å². The second kappa shape index (κ2) is 9.05. The average Bonchev–Trinajstić information content (AvgIpc) is 3.39. The van der Waals surface area contributed by atoms with Gasteiger partial charge >= 0.3 is 0 Å². The van der Waals surface area contributed by atoms with Crippen LogP contribution in [0.1, 0.15) is 17.2 Å². The Morgan fingerprint density at radius 3 is 2.52 bits per heavy atom. The molecule has 7 nitrogen and oxygen atoms in total. The van der Waals surface area contributed by atoms with Crippen molar-refractivity contribution in [3.63, 3.8) is 0 Å². The lowest BCUT2D eigenvalue weighted by Gasteiger charge is -2.02. The number of anilines is 1. The molecule has 0 aliphatic carbocycles. The van der Waals surface area contributed by atoms with Gasteiger partial charge in [0.2, 0.25) is 17.6 Å². The summed E-state index contributed by atoms with van der Waals surface area (Å²) >= 11 is 1.42. The van der Waals surface area contributed by atoms with E-state index in [0.29, 0.717) is 22.4 Å². The number of carbonyl (C=O) groups excluding carboxylic acids is 1. The molecule has 0 bridgehead atoms. The Hall–Kier alpha value is -3.59. The first kappa shape index (κ1) is 20.7. The van der Waals surface area contributed by atoms with Gasteiger partial charge in [-0.15, -0.1) is 11.3 Å². The molecule has 1 amide bonds. The van der Waals surface area contributed by atoms with Crippen molar-refractivity contribution in [3.8, 4) is 28.4 Å². The fourth-order valence-electron chi connectivity index (χ4n) is 2.94. The van der Waals surface area contributed by atoms with Crippen LogP contribution < -0.4 is 10.1 Å². The van der Waals surface area contributed by atoms with Gasteiger partial charge in [0.05, 0.1) is 12.8 Å². The van der Waals surface area contributed by atoms with E-state index in [0.717, 1.165) is 21.9 Å². The Morgan fingerprint density at radius 2 is 1.81 bits per heavy atom. The Labute approximate surface area is 181 Å². The molecular weight excluding hydrogens is 419 g/mol. The minimum absolute atomic E-state index is 0.168. The zero-order valence-electron chi connectivity index (χ0n) is 16.9. The predicted octanol–water partition coefficient (Wildman–Crippen LogP) is 4.89. The minimum atomic E-state index is -0.336. The number of rotatable bonds is 7. The van der Waals surface area contributed by atoms with Crippen LogP contribution in [0.25, 0.3) is 22.6 Å². The highest BCUT2D eigenvalue weighted by atomic mass is 32.1. The van der Waals surface area contributed by atoms with Crippen molar-refractivity contribution in [3.05, 3.63) is 65.1 Å². The van der Waals surface area contributed by atoms with Gasteiger partial charge in [-0.2, -0.15) is 4.98 Å². The van der Waals surface area contributed by atoms with E-state index in [4.69, 9.17) is 9.26 Å². The van der Waals surface area contributed by atoms with Gasteiger partial charge in [-0.1, -0.05) is 5.16 Å². The van der Waals surface area contributed by atoms with Crippen LogP contribution in [0.15, 0.2) is 53.1 Å². The fourth-order valence-corrected chi connectivity index (χ4v) is 3.79. The highest BCUT2D eigenvalue weighted by molar-refractivity contribution is 7.16. The van der Waals surface area contributed by atoms with E-state index in [1.165, 1.54) is 23.5 Å². The highest BCUT2D eigenvalue weighted by Gasteiger charge is 2.14. The predicted molar refractivity (Wildman–Crippen MR) is 115 cm³/mol. The molecule has 0 unspecified atom stereocenters. The maximum Gasteiger partial charge on any atom is 0.227 e. The minimum Gasteiger partial charge on any atom is -0.497 e. The van der Waals surface area contributed by atoms with E-state index in [-0.39, 0.29) is 24.6 Å². The van der Waals surface area contributed by atoms with Crippen LogP contribution in [0.3, 0.4) is 0 Å². The zero-order chi connectivity index (χ0) is 21.8. The fraction of sp³-hybridized carbons (Fsp3) is 0.182. The van der Waals surface area contributed by atoms with E-state index >= 15 is 0 Å². The van der Waals surface area contributed by atoms with Crippen molar-refractivity contribution in [1.82, 2.24) is 15.1 Å². The van der Waals surface area contributed by atoms with Gasteiger partial charge in [-0.25, -0.2) is 9.37 Å². The van der Waals surface area contributed by atoms with Gasteiger partial charge < -0.3 is 14.6 Å². The standard InChI is InChI=1S/C22H19FN4O3S/c1-13-20(14-5-9-17(29-2)10-6-14)26-22(31-13)24-18(28)11-12-19-25-21(27-30-19)15-3-7-16(23)8-4-15/h3-10H,11-12H2,1-2H3,(H,24,26,28). The van der Waals surface area contributed by atoms with E-state index in [2.05, 4.69) is 20.4 Å². The lowest BCUT2D eigenvalue weighted by Crippen LogP contribution is -2.12. The van der Waals surface area contributed by atoms with Crippen molar-refractivity contribution < 1.29 is 18.4 Å². The number of nitrogens with zero attached hydrogens (tertiary/aromatic N) is 3. The normalized spacial score (nSPS) is 10.8. The Bertz CT molecular complexity index is 1190. The van der Waals surface area contributed by atoms with Crippen molar-refractivity contribution in [2.24, 2.45) is 0 Å².